The number of rotatable bonds is 4. The number of hydrogen-bond acceptors (Lipinski definition) is 5. The van der Waals surface area contributed by atoms with E-state index in [4.69, 9.17) is 17.4 Å². The van der Waals surface area contributed by atoms with Crippen molar-refractivity contribution in [3.05, 3.63) is 75.0 Å². The molecule has 2 aromatic carbocycles. The number of halogens is 2. The van der Waals surface area contributed by atoms with Crippen LogP contribution >= 0.6 is 11.6 Å². The maximum Gasteiger partial charge on any atom is 0.258 e. The second-order valence-corrected chi connectivity index (χ2v) is 7.64. The van der Waals surface area contributed by atoms with Crippen LogP contribution < -0.4 is 11.4 Å². The molecule has 1 aromatic heterocycles. The Labute approximate surface area is 182 Å². The molecule has 1 amide bonds. The Balaban J connectivity index is 1.54. The van der Waals surface area contributed by atoms with Crippen molar-refractivity contribution in [3.63, 3.8) is 0 Å². The lowest BCUT2D eigenvalue weighted by molar-refractivity contribution is 0.0783. The van der Waals surface area contributed by atoms with E-state index in [0.717, 1.165) is 5.39 Å². The van der Waals surface area contributed by atoms with Gasteiger partial charge in [-0.2, -0.15) is 5.10 Å². The Bertz CT molecular complexity index is 1250. The molecular weight excluding hydrogens is 421 g/mol. The predicted molar refractivity (Wildman–Crippen MR) is 120 cm³/mol. The lowest BCUT2D eigenvalue weighted by Gasteiger charge is -2.15. The number of alkyl halides is 1. The summed E-state index contributed by atoms with van der Waals surface area (Å²) in [6.45, 7) is 0.544. The molecule has 1 aliphatic rings. The van der Waals surface area contributed by atoms with E-state index in [-0.39, 0.29) is 29.3 Å². The van der Waals surface area contributed by atoms with Gasteiger partial charge >= 0.3 is 0 Å². The fourth-order valence-electron chi connectivity index (χ4n) is 3.45. The van der Waals surface area contributed by atoms with E-state index in [1.807, 2.05) is 0 Å². The number of H-pyrrole nitrogens is 1. The first-order chi connectivity index (χ1) is 14.9. The minimum Gasteiger partial charge on any atom is -0.336 e. The van der Waals surface area contributed by atoms with E-state index in [2.05, 4.69) is 15.1 Å². The van der Waals surface area contributed by atoms with Crippen LogP contribution in [0.3, 0.4) is 0 Å². The van der Waals surface area contributed by atoms with Crippen molar-refractivity contribution in [1.82, 2.24) is 9.88 Å². The second kappa shape index (κ2) is 8.69. The third-order valence-corrected chi connectivity index (χ3v) is 5.32. The van der Waals surface area contributed by atoms with Crippen LogP contribution in [0.25, 0.3) is 10.9 Å². The summed E-state index contributed by atoms with van der Waals surface area (Å²) in [6, 6.07) is 13.4. The Morgan fingerprint density at radius 3 is 2.68 bits per heavy atom. The van der Waals surface area contributed by atoms with Crippen molar-refractivity contribution in [2.45, 2.75) is 12.6 Å². The molecule has 2 heterocycles. The van der Waals surface area contributed by atoms with Crippen LogP contribution in [0.2, 0.25) is 5.02 Å². The van der Waals surface area contributed by atoms with Crippen molar-refractivity contribution < 1.29 is 9.18 Å². The van der Waals surface area contributed by atoms with E-state index in [9.17, 15) is 14.0 Å². The number of aromatic amines is 1. The van der Waals surface area contributed by atoms with Gasteiger partial charge in [0.15, 0.2) is 0 Å². The first-order valence-electron chi connectivity index (χ1n) is 9.63. The average molecular weight is 440 g/mol. The van der Waals surface area contributed by atoms with Gasteiger partial charge in [-0.15, -0.1) is 0 Å². The molecule has 1 atom stereocenters. The zero-order chi connectivity index (χ0) is 22.0. The minimum atomic E-state index is -0.962. The maximum atomic E-state index is 13.3. The highest BCUT2D eigenvalue weighted by molar-refractivity contribution is 6.38. The molecule has 1 saturated heterocycles. The smallest absolute Gasteiger partial charge is 0.258 e. The largest absolute Gasteiger partial charge is 0.336 e. The van der Waals surface area contributed by atoms with Crippen LogP contribution in [0.4, 0.5) is 10.1 Å². The van der Waals surface area contributed by atoms with Crippen LogP contribution in [0.5, 0.6) is 0 Å². The van der Waals surface area contributed by atoms with Crippen LogP contribution in [-0.4, -0.2) is 47.0 Å². The molecule has 3 N–H and O–H groups in total. The van der Waals surface area contributed by atoms with Crippen molar-refractivity contribution in [2.24, 2.45) is 15.9 Å². The number of aliphatic imine (C=N–C) groups is 1. The standard InChI is InChI=1S/C22H19ClFN5O2/c23-15-3-6-19-14(9-15)10-18(21(30)27-19)20(28-25)11-26-17-4-1-13(2-5-17)22(31)29-8-7-16(24)12-29/h1-6,9-11,16H,7-8,12,25H2,(H,27,30)/t16-/m1/s1. The number of aromatic nitrogens is 1. The fourth-order valence-corrected chi connectivity index (χ4v) is 3.63. The second-order valence-electron chi connectivity index (χ2n) is 7.20. The Kier molecular flexibility index (Phi) is 5.81. The van der Waals surface area contributed by atoms with E-state index in [1.165, 1.54) is 11.1 Å². The molecule has 9 heteroatoms. The van der Waals surface area contributed by atoms with Crippen molar-refractivity contribution >= 4 is 46.0 Å². The number of nitrogens with one attached hydrogen (secondary N) is 1. The number of nitrogens with two attached hydrogens (primary N) is 1. The molecule has 31 heavy (non-hydrogen) atoms. The molecular formula is C22H19ClFN5O2. The number of nitrogens with zero attached hydrogens (tertiary/aromatic N) is 3. The Hall–Kier alpha value is -3.52. The molecule has 4 rings (SSSR count). The highest BCUT2D eigenvalue weighted by Crippen LogP contribution is 2.19. The van der Waals surface area contributed by atoms with Crippen molar-refractivity contribution in [1.29, 1.82) is 0 Å². The number of amides is 1. The summed E-state index contributed by atoms with van der Waals surface area (Å²) in [6.07, 6.45) is 0.789. The van der Waals surface area contributed by atoms with Crippen molar-refractivity contribution in [2.75, 3.05) is 13.1 Å². The third kappa shape index (κ3) is 4.49. The quantitative estimate of drug-likeness (QED) is 0.369. The van der Waals surface area contributed by atoms with Gasteiger partial charge in [0.25, 0.3) is 11.5 Å². The Morgan fingerprint density at radius 1 is 1.23 bits per heavy atom. The summed E-state index contributed by atoms with van der Waals surface area (Å²) < 4.78 is 13.3. The molecule has 3 aromatic rings. The van der Waals surface area contributed by atoms with Crippen LogP contribution in [0.15, 0.2) is 63.4 Å². The highest BCUT2D eigenvalue weighted by atomic mass is 35.5. The van der Waals surface area contributed by atoms with E-state index in [0.29, 0.717) is 34.8 Å². The summed E-state index contributed by atoms with van der Waals surface area (Å²) in [5.41, 5.74) is 1.73. The van der Waals surface area contributed by atoms with E-state index in [1.54, 1.807) is 48.5 Å². The van der Waals surface area contributed by atoms with Gasteiger partial charge in [-0.1, -0.05) is 11.6 Å². The molecule has 0 spiro atoms. The van der Waals surface area contributed by atoms with Gasteiger partial charge in [0.1, 0.15) is 11.9 Å². The normalized spacial score (nSPS) is 17.0. The number of carbonyl (C=O) groups is 1. The summed E-state index contributed by atoms with van der Waals surface area (Å²) >= 11 is 6.03. The number of fused-ring (bicyclic) bond motifs is 1. The molecule has 0 saturated carbocycles. The van der Waals surface area contributed by atoms with Gasteiger partial charge in [-0.05, 0) is 55.0 Å². The van der Waals surface area contributed by atoms with Gasteiger partial charge in [-0.25, -0.2) is 4.39 Å². The van der Waals surface area contributed by atoms with Crippen LogP contribution in [0, 0.1) is 0 Å². The van der Waals surface area contributed by atoms with Gasteiger partial charge in [0.05, 0.1) is 24.0 Å². The lowest BCUT2D eigenvalue weighted by Crippen LogP contribution is -2.28. The minimum absolute atomic E-state index is 0.126. The van der Waals surface area contributed by atoms with E-state index < -0.39 is 6.17 Å². The maximum absolute atomic E-state index is 13.3. The first-order valence-corrected chi connectivity index (χ1v) is 10.0. The summed E-state index contributed by atoms with van der Waals surface area (Å²) in [7, 11) is 0. The first kappa shape index (κ1) is 20.7. The third-order valence-electron chi connectivity index (χ3n) is 5.09. The zero-order valence-corrected chi connectivity index (χ0v) is 17.1. The number of likely N-dealkylation sites (tertiary alicyclic amines) is 1. The van der Waals surface area contributed by atoms with E-state index >= 15 is 0 Å². The fraction of sp³-hybridized carbons (Fsp3) is 0.182. The molecule has 0 aliphatic carbocycles. The molecule has 0 bridgehead atoms. The Morgan fingerprint density at radius 2 is 2.00 bits per heavy atom. The lowest BCUT2D eigenvalue weighted by atomic mass is 10.1. The molecule has 1 fully saturated rings. The zero-order valence-electron chi connectivity index (χ0n) is 16.4. The SMILES string of the molecule is NN=C(C=Nc1ccc(C(=O)N2CC[C@@H](F)C2)cc1)c1cc2cc(Cl)ccc2[nH]c1=O. The van der Waals surface area contributed by atoms with Gasteiger partial charge in [-0.3, -0.25) is 14.6 Å². The van der Waals surface area contributed by atoms with Gasteiger partial charge < -0.3 is 15.7 Å². The molecule has 0 radical (unpaired) electrons. The van der Waals surface area contributed by atoms with Crippen LogP contribution in [-0.2, 0) is 0 Å². The number of benzene rings is 2. The van der Waals surface area contributed by atoms with Crippen LogP contribution in [0.1, 0.15) is 22.3 Å². The summed E-state index contributed by atoms with van der Waals surface area (Å²) in [4.78, 5) is 33.4. The van der Waals surface area contributed by atoms with Crippen molar-refractivity contribution in [3.8, 4) is 0 Å². The molecule has 1 aliphatic heterocycles. The average Bonchev–Trinajstić information content (AvgIpc) is 3.21. The molecule has 7 nitrogen and oxygen atoms in total. The topological polar surface area (TPSA) is 104 Å². The summed E-state index contributed by atoms with van der Waals surface area (Å²) in [5, 5.41) is 4.96. The number of hydrazone groups is 1. The van der Waals surface area contributed by atoms with Gasteiger partial charge in [0.2, 0.25) is 0 Å². The summed E-state index contributed by atoms with van der Waals surface area (Å²) in [5.74, 6) is 5.29. The number of hydrogen-bond donors (Lipinski definition) is 2. The monoisotopic (exact) mass is 439 g/mol. The predicted octanol–water partition coefficient (Wildman–Crippen LogP) is 3.43. The van der Waals surface area contributed by atoms with Gasteiger partial charge in [0, 0.05) is 28.0 Å². The highest BCUT2D eigenvalue weighted by Gasteiger charge is 2.26. The number of carbonyl (C=O) groups excluding carboxylic acids is 1. The molecule has 0 unspecified atom stereocenters. The number of pyridine rings is 1. The molecule has 158 valence electrons.